The molecule has 0 bridgehead atoms. The topological polar surface area (TPSA) is 38.0 Å². The van der Waals surface area contributed by atoms with Crippen molar-refractivity contribution < 1.29 is 13.2 Å². The maximum atomic E-state index is 12.5. The fourth-order valence-corrected chi connectivity index (χ4v) is 2.83. The highest BCUT2D eigenvalue weighted by Crippen LogP contribution is 2.33. The van der Waals surface area contributed by atoms with Crippen molar-refractivity contribution in [3.8, 4) is 0 Å². The van der Waals surface area contributed by atoms with E-state index in [4.69, 9.17) is 5.73 Å². The number of aryl methyl sites for hydroxylation is 1. The van der Waals surface area contributed by atoms with Crippen molar-refractivity contribution in [2.75, 3.05) is 11.1 Å². The largest absolute Gasteiger partial charge is 0.416 e. The number of hydrogen-bond donors (Lipinski definition) is 2. The molecule has 0 fully saturated rings. The van der Waals surface area contributed by atoms with Crippen LogP contribution >= 0.6 is 11.3 Å². The number of anilines is 2. The van der Waals surface area contributed by atoms with Gasteiger partial charge in [0.25, 0.3) is 0 Å². The molecule has 0 spiro atoms. The summed E-state index contributed by atoms with van der Waals surface area (Å²) in [6.45, 7) is 2.63. The molecular weight excluding hydrogens is 285 g/mol. The van der Waals surface area contributed by atoms with Crippen molar-refractivity contribution in [1.82, 2.24) is 0 Å². The Morgan fingerprint density at radius 2 is 2.00 bits per heavy atom. The van der Waals surface area contributed by atoms with Crippen molar-refractivity contribution in [3.63, 3.8) is 0 Å². The zero-order chi connectivity index (χ0) is 14.8. The van der Waals surface area contributed by atoms with Crippen LogP contribution in [0.4, 0.5) is 24.5 Å². The molecule has 0 saturated heterocycles. The molecule has 0 atom stereocenters. The average Bonchev–Trinajstić information content (AvgIpc) is 2.83. The molecule has 3 N–H and O–H groups in total. The molecule has 1 aromatic heterocycles. The summed E-state index contributed by atoms with van der Waals surface area (Å²) in [7, 11) is 0. The molecule has 6 heteroatoms. The number of nitrogens with one attached hydrogen (secondary N) is 1. The Hall–Kier alpha value is -1.69. The van der Waals surface area contributed by atoms with Crippen LogP contribution in [0.3, 0.4) is 0 Å². The Kier molecular flexibility index (Phi) is 4.23. The van der Waals surface area contributed by atoms with Crippen LogP contribution < -0.4 is 11.1 Å². The summed E-state index contributed by atoms with van der Waals surface area (Å²) in [5, 5.41) is 5.09. The van der Waals surface area contributed by atoms with Gasteiger partial charge in [-0.1, -0.05) is 6.92 Å². The molecule has 2 aromatic rings. The molecule has 2 rings (SSSR count). The number of rotatable bonds is 4. The van der Waals surface area contributed by atoms with Crippen LogP contribution in [-0.4, -0.2) is 0 Å². The van der Waals surface area contributed by atoms with E-state index in [1.807, 2.05) is 5.38 Å². The molecule has 0 aliphatic rings. The summed E-state index contributed by atoms with van der Waals surface area (Å²) in [5.41, 5.74) is 6.81. The second-order valence-electron chi connectivity index (χ2n) is 4.38. The van der Waals surface area contributed by atoms with Crippen LogP contribution in [-0.2, 0) is 19.1 Å². The molecule has 0 aliphatic carbocycles. The third-order valence-electron chi connectivity index (χ3n) is 3.04. The van der Waals surface area contributed by atoms with Gasteiger partial charge < -0.3 is 11.1 Å². The van der Waals surface area contributed by atoms with Gasteiger partial charge in [0.05, 0.1) is 16.9 Å². The second-order valence-corrected chi connectivity index (χ2v) is 5.38. The first-order chi connectivity index (χ1) is 9.41. The molecule has 0 aliphatic heterocycles. The third-order valence-corrected chi connectivity index (χ3v) is 4.00. The Morgan fingerprint density at radius 3 is 2.60 bits per heavy atom. The maximum Gasteiger partial charge on any atom is 0.416 e. The minimum Gasteiger partial charge on any atom is -0.397 e. The molecule has 1 heterocycles. The van der Waals surface area contributed by atoms with E-state index in [1.54, 1.807) is 11.3 Å². The van der Waals surface area contributed by atoms with E-state index in [-0.39, 0.29) is 5.69 Å². The number of nitrogen functional groups attached to an aromatic ring is 1. The number of halogens is 3. The van der Waals surface area contributed by atoms with Crippen molar-refractivity contribution in [3.05, 3.63) is 45.6 Å². The minimum absolute atomic E-state index is 0.106. The lowest BCUT2D eigenvalue weighted by molar-refractivity contribution is -0.137. The van der Waals surface area contributed by atoms with Gasteiger partial charge in [-0.25, -0.2) is 0 Å². The summed E-state index contributed by atoms with van der Waals surface area (Å²) in [6.07, 6.45) is -3.43. The average molecular weight is 300 g/mol. The van der Waals surface area contributed by atoms with E-state index in [9.17, 15) is 13.2 Å². The fraction of sp³-hybridized carbons (Fsp3) is 0.286. The first kappa shape index (κ1) is 14.7. The predicted octanol–water partition coefficient (Wildman–Crippen LogP) is 4.52. The van der Waals surface area contributed by atoms with Crippen LogP contribution in [0.5, 0.6) is 0 Å². The molecule has 1 aromatic carbocycles. The highest BCUT2D eigenvalue weighted by molar-refractivity contribution is 7.10. The van der Waals surface area contributed by atoms with Gasteiger partial charge in [-0.2, -0.15) is 13.2 Å². The van der Waals surface area contributed by atoms with E-state index in [1.165, 1.54) is 16.5 Å². The Labute approximate surface area is 119 Å². The minimum atomic E-state index is -4.37. The summed E-state index contributed by atoms with van der Waals surface area (Å²) < 4.78 is 37.6. The number of hydrogen-bond acceptors (Lipinski definition) is 3. The Morgan fingerprint density at radius 1 is 1.25 bits per heavy atom. The van der Waals surface area contributed by atoms with Crippen molar-refractivity contribution >= 4 is 22.7 Å². The standard InChI is InChI=1S/C14H15F3N2S/c1-2-9-5-6-20-13(9)8-19-12-4-3-10(7-11(12)18)14(15,16)17/h3-7,19H,2,8,18H2,1H3. The highest BCUT2D eigenvalue weighted by atomic mass is 32.1. The van der Waals surface area contributed by atoms with Gasteiger partial charge in [0.15, 0.2) is 0 Å². The normalized spacial score (nSPS) is 11.6. The highest BCUT2D eigenvalue weighted by Gasteiger charge is 2.30. The lowest BCUT2D eigenvalue weighted by atomic mass is 10.1. The molecule has 0 amide bonds. The lowest BCUT2D eigenvalue weighted by Crippen LogP contribution is -2.08. The quantitative estimate of drug-likeness (QED) is 0.814. The number of benzene rings is 1. The molecule has 0 radical (unpaired) electrons. The van der Waals surface area contributed by atoms with Crippen molar-refractivity contribution in [2.24, 2.45) is 0 Å². The van der Waals surface area contributed by atoms with Gasteiger partial charge in [0.1, 0.15) is 0 Å². The second kappa shape index (κ2) is 5.75. The van der Waals surface area contributed by atoms with Gasteiger partial charge in [0, 0.05) is 11.4 Å². The van der Waals surface area contributed by atoms with Gasteiger partial charge in [-0.05, 0) is 41.6 Å². The lowest BCUT2D eigenvalue weighted by Gasteiger charge is -2.12. The van der Waals surface area contributed by atoms with E-state index in [0.29, 0.717) is 12.2 Å². The van der Waals surface area contributed by atoms with Crippen LogP contribution in [0.2, 0.25) is 0 Å². The first-order valence-electron chi connectivity index (χ1n) is 6.17. The summed E-state index contributed by atoms with van der Waals surface area (Å²) >= 11 is 1.62. The first-order valence-corrected chi connectivity index (χ1v) is 7.05. The van der Waals surface area contributed by atoms with E-state index >= 15 is 0 Å². The molecule has 108 valence electrons. The van der Waals surface area contributed by atoms with Gasteiger partial charge in [0.2, 0.25) is 0 Å². The smallest absolute Gasteiger partial charge is 0.397 e. The van der Waals surface area contributed by atoms with Gasteiger partial charge in [-0.3, -0.25) is 0 Å². The van der Waals surface area contributed by atoms with E-state index < -0.39 is 11.7 Å². The zero-order valence-corrected chi connectivity index (χ0v) is 11.7. The van der Waals surface area contributed by atoms with E-state index in [0.717, 1.165) is 18.6 Å². The monoisotopic (exact) mass is 300 g/mol. The van der Waals surface area contributed by atoms with Gasteiger partial charge in [-0.15, -0.1) is 11.3 Å². The molecule has 20 heavy (non-hydrogen) atoms. The van der Waals surface area contributed by atoms with Crippen LogP contribution in [0.15, 0.2) is 29.6 Å². The summed E-state index contributed by atoms with van der Waals surface area (Å²) in [6, 6.07) is 5.42. The van der Waals surface area contributed by atoms with E-state index in [2.05, 4.69) is 18.3 Å². The maximum absolute atomic E-state index is 12.5. The van der Waals surface area contributed by atoms with Crippen molar-refractivity contribution in [1.29, 1.82) is 0 Å². The van der Waals surface area contributed by atoms with Crippen LogP contribution in [0, 0.1) is 0 Å². The molecule has 0 saturated carbocycles. The van der Waals surface area contributed by atoms with Crippen LogP contribution in [0.1, 0.15) is 22.9 Å². The van der Waals surface area contributed by atoms with Crippen molar-refractivity contribution in [2.45, 2.75) is 26.1 Å². The number of alkyl halides is 3. The predicted molar refractivity (Wildman–Crippen MR) is 76.9 cm³/mol. The Balaban J connectivity index is 2.11. The fourth-order valence-electron chi connectivity index (χ4n) is 1.91. The number of thiophene rings is 1. The summed E-state index contributed by atoms with van der Waals surface area (Å²) in [4.78, 5) is 1.17. The molecular formula is C14H15F3N2S. The molecule has 0 unspecified atom stereocenters. The summed E-state index contributed by atoms with van der Waals surface area (Å²) in [5.74, 6) is 0. The van der Waals surface area contributed by atoms with Crippen LogP contribution in [0.25, 0.3) is 0 Å². The zero-order valence-electron chi connectivity index (χ0n) is 10.9. The molecule has 2 nitrogen and oxygen atoms in total. The number of nitrogens with two attached hydrogens (primary N) is 1. The van der Waals surface area contributed by atoms with Gasteiger partial charge >= 0.3 is 6.18 Å². The SMILES string of the molecule is CCc1ccsc1CNc1ccc(C(F)(F)F)cc1N. The third kappa shape index (κ3) is 3.25. The Bertz CT molecular complexity index is 590.